The molecule has 2 unspecified atom stereocenters. The van der Waals surface area contributed by atoms with Gasteiger partial charge in [0.1, 0.15) is 0 Å². The molecule has 0 aliphatic carbocycles. The molecule has 2 aliphatic heterocycles. The number of hydrogen-bond acceptors (Lipinski definition) is 5. The number of ether oxygens (including phenoxy) is 2. The van der Waals surface area contributed by atoms with Crippen LogP contribution in [0.5, 0.6) is 11.5 Å². The second-order valence-electron chi connectivity index (χ2n) is 6.29. The molecule has 0 radical (unpaired) electrons. The number of piperidine rings is 1. The van der Waals surface area contributed by atoms with Crippen molar-refractivity contribution in [1.29, 1.82) is 0 Å². The summed E-state index contributed by atoms with van der Waals surface area (Å²) in [7, 11) is -3.57. The van der Waals surface area contributed by atoms with Gasteiger partial charge in [-0.15, -0.1) is 12.4 Å². The van der Waals surface area contributed by atoms with Gasteiger partial charge in [0, 0.05) is 31.6 Å². The maximum absolute atomic E-state index is 13.0. The molecular weight excluding hydrogens is 352 g/mol. The van der Waals surface area contributed by atoms with Gasteiger partial charge in [-0.05, 0) is 30.9 Å². The van der Waals surface area contributed by atoms with E-state index in [9.17, 15) is 8.42 Å². The van der Waals surface area contributed by atoms with Crippen molar-refractivity contribution in [1.82, 2.24) is 4.31 Å². The fourth-order valence-corrected chi connectivity index (χ4v) is 4.88. The maximum Gasteiger partial charge on any atom is 0.243 e. The van der Waals surface area contributed by atoms with Gasteiger partial charge in [-0.1, -0.05) is 6.92 Å². The summed E-state index contributed by atoms with van der Waals surface area (Å²) in [5.41, 5.74) is 5.81. The molecule has 1 aromatic carbocycles. The van der Waals surface area contributed by atoms with Gasteiger partial charge in [-0.25, -0.2) is 8.42 Å². The molecule has 0 bridgehead atoms. The zero-order valence-corrected chi connectivity index (χ0v) is 15.4. The molecule has 1 fully saturated rings. The first-order valence-electron chi connectivity index (χ1n) is 8.14. The Balaban J connectivity index is 0.00000208. The second kappa shape index (κ2) is 7.91. The number of fused-ring (bicyclic) bond motifs is 1. The first-order chi connectivity index (χ1) is 11.0. The van der Waals surface area contributed by atoms with Crippen LogP contribution in [0, 0.1) is 5.92 Å². The van der Waals surface area contributed by atoms with Crippen molar-refractivity contribution in [2.75, 3.05) is 26.3 Å². The number of rotatable bonds is 3. The second-order valence-corrected chi connectivity index (χ2v) is 8.18. The topological polar surface area (TPSA) is 81.9 Å². The standard InChI is InChI=1S/C16H24N2O4S.ClH/c1-12-5-6-18(13(9-12)11-17)23(19,20)14-3-4-15-16(10-14)22-8-2-7-21-15;/h3-4,10,12-13H,2,5-9,11,17H2,1H3;1H. The van der Waals surface area contributed by atoms with E-state index in [4.69, 9.17) is 15.2 Å². The van der Waals surface area contributed by atoms with Crippen molar-refractivity contribution in [2.24, 2.45) is 11.7 Å². The smallest absolute Gasteiger partial charge is 0.243 e. The Bertz CT molecular complexity index is 668. The van der Waals surface area contributed by atoms with E-state index in [1.54, 1.807) is 22.5 Å². The van der Waals surface area contributed by atoms with Crippen molar-refractivity contribution in [3.8, 4) is 11.5 Å². The normalized spacial score (nSPS) is 24.8. The maximum atomic E-state index is 13.0. The highest BCUT2D eigenvalue weighted by Crippen LogP contribution is 2.34. The van der Waals surface area contributed by atoms with E-state index in [-0.39, 0.29) is 23.3 Å². The summed E-state index contributed by atoms with van der Waals surface area (Å²) in [6.07, 6.45) is 2.45. The van der Waals surface area contributed by atoms with Crippen LogP contribution < -0.4 is 15.2 Å². The first-order valence-corrected chi connectivity index (χ1v) is 9.58. The summed E-state index contributed by atoms with van der Waals surface area (Å²) in [5, 5.41) is 0. The summed E-state index contributed by atoms with van der Waals surface area (Å²) in [6.45, 7) is 4.11. The number of benzene rings is 1. The summed E-state index contributed by atoms with van der Waals surface area (Å²) >= 11 is 0. The van der Waals surface area contributed by atoms with Crippen LogP contribution in [0.3, 0.4) is 0 Å². The van der Waals surface area contributed by atoms with Crippen LogP contribution in [0.2, 0.25) is 0 Å². The Hall–Kier alpha value is -1.02. The molecule has 1 saturated heterocycles. The van der Waals surface area contributed by atoms with Crippen molar-refractivity contribution < 1.29 is 17.9 Å². The molecule has 0 aromatic heterocycles. The molecule has 6 nitrogen and oxygen atoms in total. The van der Waals surface area contributed by atoms with Crippen LogP contribution in [0.1, 0.15) is 26.2 Å². The molecule has 8 heteroatoms. The lowest BCUT2D eigenvalue weighted by atomic mass is 9.94. The largest absolute Gasteiger partial charge is 0.490 e. The van der Waals surface area contributed by atoms with Crippen LogP contribution in [-0.4, -0.2) is 45.1 Å². The lowest BCUT2D eigenvalue weighted by Crippen LogP contribution is -2.49. The third-order valence-electron chi connectivity index (χ3n) is 4.52. The summed E-state index contributed by atoms with van der Waals surface area (Å²) < 4.78 is 38.7. The highest BCUT2D eigenvalue weighted by Gasteiger charge is 2.35. The molecule has 2 N–H and O–H groups in total. The predicted octanol–water partition coefficient (Wildman–Crippen LogP) is 2.02. The van der Waals surface area contributed by atoms with Gasteiger partial charge >= 0.3 is 0 Å². The van der Waals surface area contributed by atoms with Crippen molar-refractivity contribution in [3.05, 3.63) is 18.2 Å². The van der Waals surface area contributed by atoms with Crippen LogP contribution in [0.25, 0.3) is 0 Å². The monoisotopic (exact) mass is 376 g/mol. The van der Waals surface area contributed by atoms with E-state index in [0.29, 0.717) is 43.7 Å². The number of halogens is 1. The van der Waals surface area contributed by atoms with Gasteiger partial charge in [0.2, 0.25) is 10.0 Å². The Morgan fingerprint density at radius 2 is 1.96 bits per heavy atom. The Kier molecular flexibility index (Phi) is 6.36. The summed E-state index contributed by atoms with van der Waals surface area (Å²) in [5.74, 6) is 1.60. The summed E-state index contributed by atoms with van der Waals surface area (Å²) in [4.78, 5) is 0.245. The van der Waals surface area contributed by atoms with E-state index < -0.39 is 10.0 Å². The van der Waals surface area contributed by atoms with E-state index in [1.165, 1.54) is 0 Å². The average Bonchev–Trinajstić information content (AvgIpc) is 2.79. The zero-order chi connectivity index (χ0) is 16.4. The molecule has 2 atom stereocenters. The number of hydrogen-bond donors (Lipinski definition) is 1. The number of nitrogens with zero attached hydrogens (tertiary/aromatic N) is 1. The Morgan fingerprint density at radius 3 is 2.67 bits per heavy atom. The molecule has 2 heterocycles. The van der Waals surface area contributed by atoms with E-state index in [2.05, 4.69) is 6.92 Å². The van der Waals surface area contributed by atoms with Gasteiger partial charge in [0.25, 0.3) is 0 Å². The fourth-order valence-electron chi connectivity index (χ4n) is 3.20. The fraction of sp³-hybridized carbons (Fsp3) is 0.625. The molecule has 24 heavy (non-hydrogen) atoms. The van der Waals surface area contributed by atoms with Gasteiger partial charge in [0.15, 0.2) is 11.5 Å². The molecule has 1 aromatic rings. The van der Waals surface area contributed by atoms with Gasteiger partial charge in [0.05, 0.1) is 18.1 Å². The van der Waals surface area contributed by atoms with Crippen molar-refractivity contribution in [3.63, 3.8) is 0 Å². The minimum atomic E-state index is -3.57. The molecule has 3 rings (SSSR count). The average molecular weight is 377 g/mol. The third kappa shape index (κ3) is 3.79. The number of sulfonamides is 1. The first kappa shape index (κ1) is 19.3. The van der Waals surface area contributed by atoms with Gasteiger partial charge in [-0.3, -0.25) is 0 Å². The molecule has 136 valence electrons. The molecule has 2 aliphatic rings. The van der Waals surface area contributed by atoms with Gasteiger partial charge in [-0.2, -0.15) is 4.31 Å². The Labute approximate surface area is 149 Å². The third-order valence-corrected chi connectivity index (χ3v) is 6.47. The van der Waals surface area contributed by atoms with E-state index in [1.807, 2.05) is 0 Å². The van der Waals surface area contributed by atoms with Crippen LogP contribution in [-0.2, 0) is 10.0 Å². The van der Waals surface area contributed by atoms with Crippen LogP contribution in [0.15, 0.2) is 23.1 Å². The van der Waals surface area contributed by atoms with Gasteiger partial charge < -0.3 is 15.2 Å². The Morgan fingerprint density at radius 1 is 1.25 bits per heavy atom. The lowest BCUT2D eigenvalue weighted by molar-refractivity contribution is 0.211. The minimum absolute atomic E-state index is 0. The molecule has 0 saturated carbocycles. The summed E-state index contributed by atoms with van der Waals surface area (Å²) in [6, 6.07) is 4.70. The van der Waals surface area contributed by atoms with E-state index in [0.717, 1.165) is 19.3 Å². The number of nitrogens with two attached hydrogens (primary N) is 1. The van der Waals surface area contributed by atoms with Crippen molar-refractivity contribution in [2.45, 2.75) is 37.1 Å². The predicted molar refractivity (Wildman–Crippen MR) is 94.4 cm³/mol. The van der Waals surface area contributed by atoms with E-state index >= 15 is 0 Å². The SMILES string of the molecule is CC1CCN(S(=O)(=O)c2ccc3c(c2)OCCCO3)C(CN)C1.Cl. The highest BCUT2D eigenvalue weighted by atomic mass is 35.5. The quantitative estimate of drug-likeness (QED) is 0.872. The highest BCUT2D eigenvalue weighted by molar-refractivity contribution is 7.89. The molecule has 0 amide bonds. The van der Waals surface area contributed by atoms with Crippen LogP contribution in [0.4, 0.5) is 0 Å². The molecule has 0 spiro atoms. The lowest BCUT2D eigenvalue weighted by Gasteiger charge is -2.36. The minimum Gasteiger partial charge on any atom is -0.490 e. The van der Waals surface area contributed by atoms with Crippen molar-refractivity contribution >= 4 is 22.4 Å². The zero-order valence-electron chi connectivity index (χ0n) is 13.8. The molecular formula is C16H25ClN2O4S. The van der Waals surface area contributed by atoms with Crippen LogP contribution >= 0.6 is 12.4 Å².